The van der Waals surface area contributed by atoms with Crippen LogP contribution in [0, 0.1) is 0 Å². The van der Waals surface area contributed by atoms with E-state index in [1.807, 2.05) is 66.7 Å². The maximum atomic E-state index is 12.2. The number of fused-ring (bicyclic) bond motifs is 1. The highest BCUT2D eigenvalue weighted by Crippen LogP contribution is 2.43. The van der Waals surface area contributed by atoms with Gasteiger partial charge in [0.1, 0.15) is 5.60 Å². The summed E-state index contributed by atoms with van der Waals surface area (Å²) in [6, 6.07) is 26.1. The highest BCUT2D eigenvalue weighted by Gasteiger charge is 2.35. The number of hydrogen-bond donors (Lipinski definition) is 1. The fraction of sp³-hybridized carbons (Fsp3) is 0.0714. The van der Waals surface area contributed by atoms with E-state index in [9.17, 15) is 5.11 Å². The molecule has 0 radical (unpaired) electrons. The van der Waals surface area contributed by atoms with Gasteiger partial charge in [0.2, 0.25) is 5.88 Å². The monoisotopic (exact) mass is 486 g/mol. The molecule has 0 aliphatic heterocycles. The molecule has 2 heterocycles. The molecule has 0 saturated carbocycles. The molecule has 0 aliphatic carbocycles. The molecule has 5 rings (SSSR count). The Hall–Kier alpha value is -3.44. The Labute approximate surface area is 207 Å². The van der Waals surface area contributed by atoms with Crippen molar-refractivity contribution in [3.8, 4) is 17.0 Å². The second kappa shape index (κ2) is 9.07. The molecular formula is C28H20Cl2N2O2. The summed E-state index contributed by atoms with van der Waals surface area (Å²) in [5.74, 6) is 0.439. The smallest absolute Gasteiger partial charge is 0.223 e. The second-order valence-corrected chi connectivity index (χ2v) is 8.68. The number of aliphatic hydroxyl groups is 1. The Morgan fingerprint density at radius 3 is 2.29 bits per heavy atom. The van der Waals surface area contributed by atoms with Crippen molar-refractivity contribution in [1.82, 2.24) is 9.97 Å². The number of hydrogen-bond acceptors (Lipinski definition) is 4. The lowest BCUT2D eigenvalue weighted by molar-refractivity contribution is 0.125. The molecule has 168 valence electrons. The van der Waals surface area contributed by atoms with Gasteiger partial charge < -0.3 is 9.84 Å². The van der Waals surface area contributed by atoms with E-state index >= 15 is 0 Å². The van der Waals surface area contributed by atoms with Gasteiger partial charge in [-0.3, -0.25) is 4.98 Å². The van der Waals surface area contributed by atoms with E-state index in [4.69, 9.17) is 32.9 Å². The van der Waals surface area contributed by atoms with Gasteiger partial charge in [0.25, 0.3) is 0 Å². The minimum Gasteiger partial charge on any atom is -0.480 e. The summed E-state index contributed by atoms with van der Waals surface area (Å²) in [5.41, 5.74) is 2.58. The van der Waals surface area contributed by atoms with Crippen LogP contribution in [0.4, 0.5) is 0 Å². The van der Waals surface area contributed by atoms with Crippen LogP contribution in [0.5, 0.6) is 5.88 Å². The molecule has 6 heteroatoms. The number of rotatable bonds is 5. The van der Waals surface area contributed by atoms with Gasteiger partial charge in [0, 0.05) is 28.4 Å². The molecule has 3 aromatic carbocycles. The Kier molecular flexibility index (Phi) is 5.96. The number of ether oxygens (including phenoxy) is 1. The normalized spacial score (nSPS) is 12.9. The Balaban J connectivity index is 1.79. The van der Waals surface area contributed by atoms with Gasteiger partial charge in [-0.15, -0.1) is 0 Å². The van der Waals surface area contributed by atoms with Gasteiger partial charge >= 0.3 is 0 Å². The molecule has 4 nitrogen and oxygen atoms in total. The first-order chi connectivity index (χ1) is 16.5. The van der Waals surface area contributed by atoms with Crippen molar-refractivity contribution in [3.63, 3.8) is 0 Å². The van der Waals surface area contributed by atoms with E-state index in [2.05, 4.69) is 4.98 Å². The predicted octanol–water partition coefficient (Wildman–Crippen LogP) is 6.90. The molecule has 0 bridgehead atoms. The second-order valence-electron chi connectivity index (χ2n) is 7.87. The van der Waals surface area contributed by atoms with Crippen molar-refractivity contribution >= 4 is 34.1 Å². The zero-order chi connectivity index (χ0) is 23.7. The molecule has 2 aromatic heterocycles. The van der Waals surface area contributed by atoms with Gasteiger partial charge in [-0.2, -0.15) is 0 Å². The Bertz CT molecular complexity index is 1480. The van der Waals surface area contributed by atoms with E-state index in [1.54, 1.807) is 37.7 Å². The van der Waals surface area contributed by atoms with E-state index in [0.29, 0.717) is 49.1 Å². The molecule has 1 N–H and O–H groups in total. The number of nitrogens with zero attached hydrogens (tertiary/aromatic N) is 2. The molecule has 1 unspecified atom stereocenters. The third-order valence-electron chi connectivity index (χ3n) is 5.88. The van der Waals surface area contributed by atoms with Crippen LogP contribution in [0.15, 0.2) is 97.3 Å². The van der Waals surface area contributed by atoms with E-state index < -0.39 is 5.60 Å². The van der Waals surface area contributed by atoms with Gasteiger partial charge in [-0.25, -0.2) is 4.98 Å². The summed E-state index contributed by atoms with van der Waals surface area (Å²) in [6.07, 6.45) is 3.32. The van der Waals surface area contributed by atoms with Gasteiger partial charge in [0.15, 0.2) is 0 Å². The predicted molar refractivity (Wildman–Crippen MR) is 137 cm³/mol. The number of benzene rings is 3. The minimum absolute atomic E-state index is 0.439. The highest BCUT2D eigenvalue weighted by atomic mass is 35.5. The molecular weight excluding hydrogens is 467 g/mol. The molecule has 0 spiro atoms. The molecule has 0 saturated heterocycles. The lowest BCUT2D eigenvalue weighted by Gasteiger charge is -2.30. The highest BCUT2D eigenvalue weighted by molar-refractivity contribution is 6.38. The van der Waals surface area contributed by atoms with Crippen LogP contribution >= 0.6 is 23.2 Å². The van der Waals surface area contributed by atoms with E-state index in [-0.39, 0.29) is 0 Å². The SMILES string of the molecule is COc1nc2ccc(C(O)(c3cccnc3)c3cccc(Cl)c3)cc2c(Cl)c1-c1ccccc1. The molecule has 0 fully saturated rings. The van der Waals surface area contributed by atoms with Gasteiger partial charge in [0.05, 0.1) is 23.2 Å². The Morgan fingerprint density at radius 1 is 0.824 bits per heavy atom. The summed E-state index contributed by atoms with van der Waals surface area (Å²) >= 11 is 13.3. The first-order valence-corrected chi connectivity index (χ1v) is 11.4. The van der Waals surface area contributed by atoms with Crippen LogP contribution in [0.1, 0.15) is 16.7 Å². The maximum Gasteiger partial charge on any atom is 0.223 e. The maximum absolute atomic E-state index is 12.2. The van der Waals surface area contributed by atoms with Crippen molar-refractivity contribution in [3.05, 3.63) is 124 Å². The summed E-state index contributed by atoms with van der Waals surface area (Å²) in [5, 5.41) is 13.9. The van der Waals surface area contributed by atoms with Gasteiger partial charge in [-0.05, 0) is 47.0 Å². The molecule has 34 heavy (non-hydrogen) atoms. The first-order valence-electron chi connectivity index (χ1n) is 10.6. The van der Waals surface area contributed by atoms with Crippen molar-refractivity contribution in [1.29, 1.82) is 0 Å². The zero-order valence-electron chi connectivity index (χ0n) is 18.2. The van der Waals surface area contributed by atoms with Crippen LogP contribution in [0.3, 0.4) is 0 Å². The fourth-order valence-corrected chi connectivity index (χ4v) is 4.75. The van der Waals surface area contributed by atoms with Crippen molar-refractivity contribution in [2.75, 3.05) is 7.11 Å². The largest absolute Gasteiger partial charge is 0.480 e. The lowest BCUT2D eigenvalue weighted by atomic mass is 9.80. The third kappa shape index (κ3) is 3.80. The topological polar surface area (TPSA) is 55.2 Å². The number of aromatic nitrogens is 2. The Morgan fingerprint density at radius 2 is 1.59 bits per heavy atom. The van der Waals surface area contributed by atoms with E-state index in [0.717, 1.165) is 5.56 Å². The average Bonchev–Trinajstić information content (AvgIpc) is 2.89. The molecule has 0 aliphatic rings. The third-order valence-corrected chi connectivity index (χ3v) is 6.51. The molecule has 5 aromatic rings. The standard InChI is InChI=1S/C28H20Cl2N2O2/c1-34-27-25(18-7-3-2-4-8-18)26(30)23-16-20(12-13-24(23)32-27)28(33,21-10-6-14-31-17-21)19-9-5-11-22(29)15-19/h2-17,33H,1H3. The van der Waals surface area contributed by atoms with E-state index in [1.165, 1.54) is 0 Å². The zero-order valence-corrected chi connectivity index (χ0v) is 19.8. The van der Waals surface area contributed by atoms with Crippen LogP contribution in [-0.4, -0.2) is 22.2 Å². The van der Waals surface area contributed by atoms with Crippen molar-refractivity contribution in [2.24, 2.45) is 0 Å². The summed E-state index contributed by atoms with van der Waals surface area (Å²) in [4.78, 5) is 8.92. The van der Waals surface area contributed by atoms with Crippen LogP contribution in [0.2, 0.25) is 10.0 Å². The quantitative estimate of drug-likeness (QED) is 0.293. The van der Waals surface area contributed by atoms with Crippen LogP contribution < -0.4 is 4.74 Å². The molecule has 0 amide bonds. The van der Waals surface area contributed by atoms with Crippen LogP contribution in [0.25, 0.3) is 22.0 Å². The summed E-state index contributed by atoms with van der Waals surface area (Å²) in [6.45, 7) is 0. The first kappa shape index (κ1) is 22.4. The van der Waals surface area contributed by atoms with Crippen LogP contribution in [-0.2, 0) is 5.60 Å². The van der Waals surface area contributed by atoms with Crippen molar-refractivity contribution < 1.29 is 9.84 Å². The number of methoxy groups -OCH3 is 1. The summed E-state index contributed by atoms with van der Waals surface area (Å²) in [7, 11) is 1.58. The van der Waals surface area contributed by atoms with Crippen molar-refractivity contribution in [2.45, 2.75) is 5.60 Å². The minimum atomic E-state index is -1.51. The van der Waals surface area contributed by atoms with Gasteiger partial charge in [-0.1, -0.05) is 77.8 Å². The lowest BCUT2D eigenvalue weighted by Crippen LogP contribution is -2.29. The number of halogens is 2. The average molecular weight is 487 g/mol. The molecule has 1 atom stereocenters. The summed E-state index contributed by atoms with van der Waals surface area (Å²) < 4.78 is 5.57. The number of pyridine rings is 2. The fourth-order valence-electron chi connectivity index (χ4n) is 4.22.